The number of halogens is 2. The molecule has 0 radical (unpaired) electrons. The number of nitrogens with two attached hydrogens (primary N) is 1. The molecule has 18 heavy (non-hydrogen) atoms. The van der Waals surface area contributed by atoms with Gasteiger partial charge < -0.3 is 10.5 Å². The number of hydrogen-bond donors (Lipinski definition) is 1. The summed E-state index contributed by atoms with van der Waals surface area (Å²) in [5, 5.41) is 0.0895. The van der Waals surface area contributed by atoms with E-state index in [1.807, 2.05) is 13.1 Å². The van der Waals surface area contributed by atoms with Crippen molar-refractivity contribution in [3.63, 3.8) is 0 Å². The van der Waals surface area contributed by atoms with Crippen molar-refractivity contribution >= 4 is 11.6 Å². The average molecular weight is 273 g/mol. The zero-order valence-electron chi connectivity index (χ0n) is 10.6. The van der Waals surface area contributed by atoms with E-state index in [4.69, 9.17) is 22.1 Å². The summed E-state index contributed by atoms with van der Waals surface area (Å²) < 4.78 is 19.1. The quantitative estimate of drug-likeness (QED) is 0.919. The Balaban J connectivity index is 2.36. The lowest BCUT2D eigenvalue weighted by Crippen LogP contribution is -2.21. The number of benzene rings is 1. The van der Waals surface area contributed by atoms with Crippen molar-refractivity contribution in [2.24, 2.45) is 11.7 Å². The Labute approximate surface area is 112 Å². The molecular formula is C13H18ClFN2O. The molecule has 1 heterocycles. The van der Waals surface area contributed by atoms with Crippen molar-refractivity contribution in [3.05, 3.63) is 28.5 Å². The van der Waals surface area contributed by atoms with Crippen molar-refractivity contribution < 1.29 is 9.13 Å². The van der Waals surface area contributed by atoms with Gasteiger partial charge >= 0.3 is 0 Å². The first-order valence-electron chi connectivity index (χ1n) is 6.00. The molecule has 1 aliphatic rings. The number of likely N-dealkylation sites (tertiary alicyclic amines) is 1. The van der Waals surface area contributed by atoms with Crippen molar-refractivity contribution in [3.8, 4) is 5.75 Å². The molecule has 2 unspecified atom stereocenters. The first kappa shape index (κ1) is 13.6. The minimum atomic E-state index is -0.485. The van der Waals surface area contributed by atoms with Gasteiger partial charge in [-0.25, -0.2) is 4.39 Å². The third-order valence-corrected chi connectivity index (χ3v) is 3.90. The van der Waals surface area contributed by atoms with Gasteiger partial charge in [-0.3, -0.25) is 4.90 Å². The maximum Gasteiger partial charge on any atom is 0.183 e. The van der Waals surface area contributed by atoms with E-state index in [-0.39, 0.29) is 16.8 Å². The van der Waals surface area contributed by atoms with Crippen molar-refractivity contribution in [2.75, 3.05) is 27.2 Å². The van der Waals surface area contributed by atoms with Gasteiger partial charge in [0.15, 0.2) is 11.6 Å². The molecule has 0 aliphatic carbocycles. The molecular weight excluding hydrogens is 255 g/mol. The molecule has 100 valence electrons. The molecule has 1 saturated heterocycles. The lowest BCUT2D eigenvalue weighted by atomic mass is 9.99. The van der Waals surface area contributed by atoms with E-state index in [1.165, 1.54) is 7.11 Å². The maximum absolute atomic E-state index is 13.9. The third-order valence-electron chi connectivity index (χ3n) is 3.61. The summed E-state index contributed by atoms with van der Waals surface area (Å²) in [5.41, 5.74) is 6.55. The average Bonchev–Trinajstić information content (AvgIpc) is 2.74. The Hall–Kier alpha value is -0.840. The van der Waals surface area contributed by atoms with Gasteiger partial charge in [0.2, 0.25) is 0 Å². The highest BCUT2D eigenvalue weighted by Gasteiger charge is 2.32. The molecule has 1 fully saturated rings. The van der Waals surface area contributed by atoms with E-state index in [2.05, 4.69) is 4.90 Å². The standard InChI is InChI=1S/C13H18ClFN2O/c1-17-7-8(6-16)5-11(17)9-3-4-10(14)12(15)13(9)18-2/h3-4,8,11H,5-7,16H2,1-2H3. The zero-order chi connectivity index (χ0) is 13.3. The van der Waals surface area contributed by atoms with Gasteiger partial charge in [0.1, 0.15) is 0 Å². The second-order valence-electron chi connectivity index (χ2n) is 4.78. The number of rotatable bonds is 3. The minimum Gasteiger partial charge on any atom is -0.493 e. The Morgan fingerprint density at radius 2 is 2.28 bits per heavy atom. The third kappa shape index (κ3) is 2.32. The van der Waals surface area contributed by atoms with Crippen molar-refractivity contribution in [1.82, 2.24) is 4.90 Å². The molecule has 2 rings (SSSR count). The highest BCUT2D eigenvalue weighted by molar-refractivity contribution is 6.30. The van der Waals surface area contributed by atoms with E-state index < -0.39 is 5.82 Å². The van der Waals surface area contributed by atoms with Crippen LogP contribution in [0.5, 0.6) is 5.75 Å². The van der Waals surface area contributed by atoms with Gasteiger partial charge in [0.05, 0.1) is 12.1 Å². The molecule has 5 heteroatoms. The van der Waals surface area contributed by atoms with Crippen LogP contribution in [0.1, 0.15) is 18.0 Å². The molecule has 0 bridgehead atoms. The molecule has 2 N–H and O–H groups in total. The first-order valence-corrected chi connectivity index (χ1v) is 6.38. The number of methoxy groups -OCH3 is 1. The maximum atomic E-state index is 13.9. The fourth-order valence-electron chi connectivity index (χ4n) is 2.66. The first-order chi connectivity index (χ1) is 8.58. The summed E-state index contributed by atoms with van der Waals surface area (Å²) in [7, 11) is 3.49. The SMILES string of the molecule is COc1c(C2CC(CN)CN2C)ccc(Cl)c1F. The Kier molecular flexibility index (Phi) is 4.10. The van der Waals surface area contributed by atoms with Crippen LogP contribution in [0.2, 0.25) is 5.02 Å². The molecule has 0 aromatic heterocycles. The summed E-state index contributed by atoms with van der Waals surface area (Å²) in [5.74, 6) is 0.210. The van der Waals surface area contributed by atoms with Gasteiger partial charge in [-0.15, -0.1) is 0 Å². The van der Waals surface area contributed by atoms with Gasteiger partial charge in [0.25, 0.3) is 0 Å². The van der Waals surface area contributed by atoms with Gasteiger partial charge in [0, 0.05) is 18.2 Å². The molecule has 0 saturated carbocycles. The predicted octanol–water partition coefficient (Wildman–Crippen LogP) is 2.44. The lowest BCUT2D eigenvalue weighted by Gasteiger charge is -2.22. The van der Waals surface area contributed by atoms with Gasteiger partial charge in [-0.05, 0) is 32.0 Å². The van der Waals surface area contributed by atoms with E-state index in [0.717, 1.165) is 18.5 Å². The Bertz CT molecular complexity index is 441. The van der Waals surface area contributed by atoms with E-state index in [1.54, 1.807) is 6.07 Å². The van der Waals surface area contributed by atoms with Crippen LogP contribution in [-0.4, -0.2) is 32.1 Å². The molecule has 1 aromatic carbocycles. The van der Waals surface area contributed by atoms with Crippen LogP contribution in [0.15, 0.2) is 12.1 Å². The molecule has 3 nitrogen and oxygen atoms in total. The van der Waals surface area contributed by atoms with E-state index in [0.29, 0.717) is 12.5 Å². The fraction of sp³-hybridized carbons (Fsp3) is 0.538. The zero-order valence-corrected chi connectivity index (χ0v) is 11.4. The summed E-state index contributed by atoms with van der Waals surface area (Å²) in [6.45, 7) is 1.58. The molecule has 0 spiro atoms. The van der Waals surface area contributed by atoms with Crippen LogP contribution in [0.25, 0.3) is 0 Å². The fourth-order valence-corrected chi connectivity index (χ4v) is 2.81. The summed E-state index contributed by atoms with van der Waals surface area (Å²) in [4.78, 5) is 2.18. The molecule has 0 amide bonds. The van der Waals surface area contributed by atoms with Crippen molar-refractivity contribution in [1.29, 1.82) is 0 Å². The highest BCUT2D eigenvalue weighted by Crippen LogP contribution is 2.40. The van der Waals surface area contributed by atoms with Crippen LogP contribution < -0.4 is 10.5 Å². The van der Waals surface area contributed by atoms with Crippen LogP contribution in [-0.2, 0) is 0 Å². The van der Waals surface area contributed by atoms with Gasteiger partial charge in [-0.1, -0.05) is 17.7 Å². The van der Waals surface area contributed by atoms with Crippen LogP contribution in [0.4, 0.5) is 4.39 Å². The smallest absolute Gasteiger partial charge is 0.183 e. The molecule has 2 atom stereocenters. The summed E-state index contributed by atoms with van der Waals surface area (Å²) in [6, 6.07) is 3.56. The highest BCUT2D eigenvalue weighted by atomic mass is 35.5. The van der Waals surface area contributed by atoms with E-state index in [9.17, 15) is 4.39 Å². The van der Waals surface area contributed by atoms with Crippen LogP contribution in [0, 0.1) is 11.7 Å². The van der Waals surface area contributed by atoms with E-state index >= 15 is 0 Å². The Morgan fingerprint density at radius 1 is 1.56 bits per heavy atom. The van der Waals surface area contributed by atoms with Crippen LogP contribution in [0.3, 0.4) is 0 Å². The second kappa shape index (κ2) is 5.43. The normalized spacial score (nSPS) is 24.5. The lowest BCUT2D eigenvalue weighted by molar-refractivity contribution is 0.298. The predicted molar refractivity (Wildman–Crippen MR) is 70.5 cm³/mol. The summed E-state index contributed by atoms with van der Waals surface area (Å²) in [6.07, 6.45) is 0.921. The van der Waals surface area contributed by atoms with Crippen molar-refractivity contribution in [2.45, 2.75) is 12.5 Å². The van der Waals surface area contributed by atoms with Crippen LogP contribution >= 0.6 is 11.6 Å². The summed E-state index contributed by atoms with van der Waals surface area (Å²) >= 11 is 5.77. The number of ether oxygens (including phenoxy) is 1. The minimum absolute atomic E-state index is 0.0895. The monoisotopic (exact) mass is 272 g/mol. The molecule has 1 aliphatic heterocycles. The Morgan fingerprint density at radius 3 is 2.83 bits per heavy atom. The number of hydrogen-bond acceptors (Lipinski definition) is 3. The molecule has 1 aromatic rings. The van der Waals surface area contributed by atoms with Gasteiger partial charge in [-0.2, -0.15) is 0 Å². The second-order valence-corrected chi connectivity index (χ2v) is 5.18. The number of nitrogens with zero attached hydrogens (tertiary/aromatic N) is 1. The largest absolute Gasteiger partial charge is 0.493 e. The topological polar surface area (TPSA) is 38.5 Å².